The number of fused-ring (bicyclic) bond motifs is 4. The fraction of sp³-hybridized carbons (Fsp3) is 0.208. The van der Waals surface area contributed by atoms with Crippen LogP contribution in [0.2, 0.25) is 0 Å². The average molecular weight is 508 g/mol. The number of hydrogen-bond donors (Lipinski definition) is 1. The fourth-order valence-corrected chi connectivity index (χ4v) is 4.60. The first-order valence-electron chi connectivity index (χ1n) is 11.1. The number of aryl methyl sites for hydroxylation is 1. The summed E-state index contributed by atoms with van der Waals surface area (Å²) >= 11 is 0. The molecule has 1 atom stereocenters. The number of carbonyl (C=O) groups is 1. The van der Waals surface area contributed by atoms with Gasteiger partial charge in [-0.05, 0) is 17.7 Å². The van der Waals surface area contributed by atoms with Crippen LogP contribution in [0.25, 0.3) is 32.9 Å². The van der Waals surface area contributed by atoms with E-state index in [1.165, 1.54) is 11.1 Å². The Hall–Kier alpha value is -4.68. The van der Waals surface area contributed by atoms with Crippen LogP contribution in [0.4, 0.5) is 19.0 Å². The monoisotopic (exact) mass is 508 g/mol. The molecule has 0 saturated carbocycles. The van der Waals surface area contributed by atoms with Gasteiger partial charge in [-0.25, -0.2) is 9.97 Å². The first kappa shape index (κ1) is 22.8. The largest absolute Gasteiger partial charge is 0.504 e. The van der Waals surface area contributed by atoms with Gasteiger partial charge in [-0.15, -0.1) is 13.2 Å². The second-order valence-corrected chi connectivity index (χ2v) is 8.75. The molecule has 0 saturated heterocycles. The number of benzene rings is 1. The molecule has 1 aromatic carbocycles. The van der Waals surface area contributed by atoms with Gasteiger partial charge in [-0.2, -0.15) is 14.9 Å². The van der Waals surface area contributed by atoms with Crippen LogP contribution in [0.1, 0.15) is 22.1 Å². The number of halogens is 3. The molecule has 0 unspecified atom stereocenters. The van der Waals surface area contributed by atoms with E-state index < -0.39 is 12.3 Å². The Kier molecular flexibility index (Phi) is 4.87. The van der Waals surface area contributed by atoms with Gasteiger partial charge in [0.2, 0.25) is 0 Å². The van der Waals surface area contributed by atoms with Crippen molar-refractivity contribution in [3.8, 4) is 16.9 Å². The SMILES string of the molecule is CN(C(=O)c1cc2c(cn1)nc(N)c1cnn(C)c12)[C@@H]1COc2cc(-c3cnn(C(F)(F)F)c3)ccc21. The summed E-state index contributed by atoms with van der Waals surface area (Å²) in [5.41, 5.74) is 9.11. The summed E-state index contributed by atoms with van der Waals surface area (Å²) in [4.78, 5) is 23.6. The third-order valence-electron chi connectivity index (χ3n) is 6.55. The highest BCUT2D eigenvalue weighted by atomic mass is 19.4. The highest BCUT2D eigenvalue weighted by Crippen LogP contribution is 2.39. The summed E-state index contributed by atoms with van der Waals surface area (Å²) in [6, 6.07) is 6.34. The van der Waals surface area contributed by atoms with Crippen molar-refractivity contribution in [2.45, 2.75) is 12.3 Å². The Morgan fingerprint density at radius 1 is 1.14 bits per heavy atom. The zero-order chi connectivity index (χ0) is 26.1. The van der Waals surface area contributed by atoms with Crippen molar-refractivity contribution >= 4 is 33.5 Å². The summed E-state index contributed by atoms with van der Waals surface area (Å²) in [6.45, 7) is 0.195. The Morgan fingerprint density at radius 2 is 1.95 bits per heavy atom. The Bertz CT molecular complexity index is 1710. The lowest BCUT2D eigenvalue weighted by Gasteiger charge is -2.23. The average Bonchev–Trinajstić information content (AvgIpc) is 3.61. The molecule has 0 radical (unpaired) electrons. The molecule has 5 heterocycles. The molecule has 188 valence electrons. The lowest BCUT2D eigenvalue weighted by molar-refractivity contribution is -0.212. The van der Waals surface area contributed by atoms with Crippen molar-refractivity contribution in [3.05, 3.63) is 60.3 Å². The van der Waals surface area contributed by atoms with Crippen LogP contribution in [0.15, 0.2) is 49.1 Å². The number of nitrogens with zero attached hydrogens (tertiary/aromatic N) is 7. The number of pyridine rings is 2. The Balaban J connectivity index is 1.30. The molecule has 0 aliphatic carbocycles. The molecule has 4 aromatic heterocycles. The van der Waals surface area contributed by atoms with Crippen LogP contribution in [0.3, 0.4) is 0 Å². The van der Waals surface area contributed by atoms with Gasteiger partial charge >= 0.3 is 6.30 Å². The number of carbonyl (C=O) groups excluding carboxylic acids is 1. The maximum Gasteiger partial charge on any atom is 0.504 e. The standard InChI is InChI=1S/C24H19F3N8O2/c1-33(23(36)17-6-15-18(9-29-17)32-22(28)16-8-30-34(2)21(15)16)19-11-37-20-5-12(3-4-14(19)20)13-7-31-35(10-13)24(25,26)27/h3-10,19H,11H2,1-2H3,(H2,28,32)/t19-/m1/s1. The van der Waals surface area contributed by atoms with Crippen LogP contribution in [0, 0.1) is 0 Å². The zero-order valence-electron chi connectivity index (χ0n) is 19.6. The zero-order valence-corrected chi connectivity index (χ0v) is 19.6. The minimum atomic E-state index is -4.60. The van der Waals surface area contributed by atoms with Gasteiger partial charge in [0.05, 0.1) is 41.1 Å². The second kappa shape index (κ2) is 7.91. The van der Waals surface area contributed by atoms with Gasteiger partial charge in [-0.3, -0.25) is 9.48 Å². The van der Waals surface area contributed by atoms with Crippen molar-refractivity contribution in [1.82, 2.24) is 34.4 Å². The highest BCUT2D eigenvalue weighted by molar-refractivity contribution is 6.09. The third kappa shape index (κ3) is 3.61. The topological polar surface area (TPSA) is 117 Å². The summed E-state index contributed by atoms with van der Waals surface area (Å²) < 4.78 is 46.1. The predicted octanol–water partition coefficient (Wildman–Crippen LogP) is 3.64. The number of anilines is 1. The fourth-order valence-electron chi connectivity index (χ4n) is 4.60. The van der Waals surface area contributed by atoms with Crippen molar-refractivity contribution in [3.63, 3.8) is 0 Å². The van der Waals surface area contributed by atoms with Crippen molar-refractivity contribution in [2.75, 3.05) is 19.4 Å². The van der Waals surface area contributed by atoms with E-state index in [0.717, 1.165) is 23.5 Å². The molecule has 13 heteroatoms. The smallest absolute Gasteiger partial charge is 0.491 e. The minimum absolute atomic E-state index is 0.0502. The molecule has 6 rings (SSSR count). The maximum absolute atomic E-state index is 13.4. The maximum atomic E-state index is 13.4. The summed E-state index contributed by atoms with van der Waals surface area (Å²) in [6.07, 6.45) is 0.592. The molecule has 5 aromatic rings. The van der Waals surface area contributed by atoms with Crippen LogP contribution in [-0.4, -0.2) is 54.0 Å². The van der Waals surface area contributed by atoms with Crippen LogP contribution in [0.5, 0.6) is 5.75 Å². The molecule has 1 amide bonds. The summed E-state index contributed by atoms with van der Waals surface area (Å²) in [5.74, 6) is 0.495. The van der Waals surface area contributed by atoms with E-state index in [4.69, 9.17) is 10.5 Å². The number of likely N-dealkylation sites (N-methyl/N-ethyl adjacent to an activating group) is 1. The molecule has 1 aliphatic rings. The first-order valence-corrected chi connectivity index (χ1v) is 11.1. The van der Waals surface area contributed by atoms with Gasteiger partial charge in [-0.1, -0.05) is 12.1 Å². The van der Waals surface area contributed by atoms with E-state index in [2.05, 4.69) is 20.2 Å². The number of alkyl halides is 3. The number of amides is 1. The van der Waals surface area contributed by atoms with Crippen molar-refractivity contribution in [2.24, 2.45) is 7.05 Å². The lowest BCUT2D eigenvalue weighted by atomic mass is 10.0. The normalized spacial score (nSPS) is 15.2. The number of ether oxygens (including phenoxy) is 1. The van der Waals surface area contributed by atoms with Gasteiger partial charge in [0.25, 0.3) is 5.91 Å². The number of hydrogen-bond acceptors (Lipinski definition) is 7. The predicted molar refractivity (Wildman–Crippen MR) is 128 cm³/mol. The quantitative estimate of drug-likeness (QED) is 0.395. The molecule has 2 N–H and O–H groups in total. The molecular formula is C24H19F3N8O2. The highest BCUT2D eigenvalue weighted by Gasteiger charge is 2.33. The van der Waals surface area contributed by atoms with Gasteiger partial charge in [0, 0.05) is 36.8 Å². The van der Waals surface area contributed by atoms with Gasteiger partial charge in [0.1, 0.15) is 23.9 Å². The molecule has 10 nitrogen and oxygen atoms in total. The summed E-state index contributed by atoms with van der Waals surface area (Å²) in [5, 5.41) is 9.01. The van der Waals surface area contributed by atoms with Crippen LogP contribution < -0.4 is 10.5 Å². The first-order chi connectivity index (χ1) is 17.6. The lowest BCUT2D eigenvalue weighted by Crippen LogP contribution is -2.32. The van der Waals surface area contributed by atoms with Crippen molar-refractivity contribution in [1.29, 1.82) is 0 Å². The van der Waals surface area contributed by atoms with E-state index in [-0.39, 0.29) is 22.9 Å². The molecule has 1 aliphatic heterocycles. The van der Waals surface area contributed by atoms with E-state index in [0.29, 0.717) is 39.0 Å². The van der Waals surface area contributed by atoms with Crippen molar-refractivity contribution < 1.29 is 22.7 Å². The van der Waals surface area contributed by atoms with Crippen LogP contribution >= 0.6 is 0 Å². The van der Waals surface area contributed by atoms with Gasteiger partial charge < -0.3 is 15.4 Å². The van der Waals surface area contributed by atoms with Crippen LogP contribution in [-0.2, 0) is 13.3 Å². The molecule has 0 bridgehead atoms. The second-order valence-electron chi connectivity index (χ2n) is 8.75. The van der Waals surface area contributed by atoms with E-state index in [1.807, 2.05) is 0 Å². The van der Waals surface area contributed by atoms with E-state index in [1.54, 1.807) is 49.2 Å². The molecular weight excluding hydrogens is 489 g/mol. The Morgan fingerprint density at radius 3 is 2.70 bits per heavy atom. The van der Waals surface area contributed by atoms with E-state index in [9.17, 15) is 18.0 Å². The van der Waals surface area contributed by atoms with E-state index >= 15 is 0 Å². The summed E-state index contributed by atoms with van der Waals surface area (Å²) in [7, 11) is 3.43. The number of aromatic nitrogens is 6. The third-order valence-corrected chi connectivity index (χ3v) is 6.55. The molecule has 0 spiro atoms. The Labute approximate surface area is 207 Å². The molecule has 0 fully saturated rings. The number of nitrogens with two attached hydrogens (primary N) is 1. The number of rotatable bonds is 3. The minimum Gasteiger partial charge on any atom is -0.491 e. The molecule has 37 heavy (non-hydrogen) atoms. The van der Waals surface area contributed by atoms with Gasteiger partial charge in [0.15, 0.2) is 0 Å². The number of nitrogen functional groups attached to an aromatic ring is 1.